The fourth-order valence-corrected chi connectivity index (χ4v) is 8.28. The summed E-state index contributed by atoms with van der Waals surface area (Å²) in [5, 5.41) is 10.9. The topological polar surface area (TPSA) is 54.4 Å². The minimum absolute atomic E-state index is 0.00360. The molecule has 4 aliphatic rings. The van der Waals surface area contributed by atoms with Crippen LogP contribution < -0.4 is 0 Å². The molecule has 1 N–H and O–H groups in total. The van der Waals surface area contributed by atoms with Crippen LogP contribution in [0.4, 0.5) is 13.2 Å². The third-order valence-electron chi connectivity index (χ3n) is 8.72. The Labute approximate surface area is 179 Å². The molecule has 3 saturated carbocycles. The summed E-state index contributed by atoms with van der Waals surface area (Å²) in [4.78, 5) is 24.6. The Hall–Kier alpha value is -1.08. The molecule has 4 rings (SSSR count). The van der Waals surface area contributed by atoms with Gasteiger partial charge in [-0.25, -0.2) is 13.2 Å². The van der Waals surface area contributed by atoms with Crippen molar-refractivity contribution < 1.29 is 27.9 Å². The summed E-state index contributed by atoms with van der Waals surface area (Å²) < 4.78 is 45.6. The van der Waals surface area contributed by atoms with Gasteiger partial charge < -0.3 is 5.11 Å². The number of hydrogen-bond acceptors (Lipinski definition) is 4. The van der Waals surface area contributed by atoms with Gasteiger partial charge in [0.1, 0.15) is 12.2 Å². The summed E-state index contributed by atoms with van der Waals surface area (Å²) in [5.74, 6) is -0.459. The summed E-state index contributed by atoms with van der Waals surface area (Å²) in [6.45, 7) is 6.94. The lowest BCUT2D eigenvalue weighted by Crippen LogP contribution is -2.73. The number of fused-ring (bicyclic) bond motifs is 5. The van der Waals surface area contributed by atoms with Crippen LogP contribution in [0.2, 0.25) is 0 Å². The quantitative estimate of drug-likeness (QED) is 0.675. The number of aliphatic hydroxyl groups is 1. The molecule has 7 heteroatoms. The minimum atomic E-state index is -2.21. The number of thioether (sulfide) groups is 1. The fraction of sp³-hybridized carbons (Fsp3) is 0.696. The number of alkyl halides is 3. The Morgan fingerprint density at radius 1 is 1.30 bits per heavy atom. The molecule has 3 fully saturated rings. The molecule has 0 bridgehead atoms. The van der Waals surface area contributed by atoms with Crippen molar-refractivity contribution in [2.45, 2.75) is 64.9 Å². The Bertz CT molecular complexity index is 859. The fourth-order valence-electron chi connectivity index (χ4n) is 7.59. The van der Waals surface area contributed by atoms with E-state index in [-0.39, 0.29) is 35.2 Å². The van der Waals surface area contributed by atoms with Crippen LogP contribution in [0, 0.1) is 34.0 Å². The van der Waals surface area contributed by atoms with Gasteiger partial charge in [0.2, 0.25) is 0 Å². The van der Waals surface area contributed by atoms with E-state index in [1.54, 1.807) is 13.8 Å². The Balaban J connectivity index is 1.87. The zero-order chi connectivity index (χ0) is 22.3. The van der Waals surface area contributed by atoms with Gasteiger partial charge in [0, 0.05) is 10.8 Å². The lowest BCUT2D eigenvalue weighted by atomic mass is 9.39. The standard InChI is InChI=1S/C23H28F3O3S/c1-12-7-16-20(2,18(12)19(29)30-11-24)10-17(28)23(26)21(3)6-5-13(27)8-14(21)15(25)9-22(16,23)4/h5-6,8,12,15-17,28H,7,9-11H2,1-4H3/t12-,15+,16-,17+,20-,21+,22+,23+/m1/s1. The van der Waals surface area contributed by atoms with E-state index in [2.05, 4.69) is 0 Å². The van der Waals surface area contributed by atoms with Crippen LogP contribution in [0.25, 0.3) is 0 Å². The molecule has 0 spiro atoms. The van der Waals surface area contributed by atoms with Gasteiger partial charge in [-0.1, -0.05) is 38.6 Å². The predicted molar refractivity (Wildman–Crippen MR) is 110 cm³/mol. The molecular weight excluding hydrogens is 413 g/mol. The number of carbonyl (C=O) groups excluding carboxylic acids is 2. The van der Waals surface area contributed by atoms with E-state index in [1.807, 2.05) is 13.8 Å². The lowest BCUT2D eigenvalue weighted by molar-refractivity contribution is -0.240. The molecule has 165 valence electrons. The van der Waals surface area contributed by atoms with E-state index >= 15 is 8.78 Å². The minimum Gasteiger partial charge on any atom is -0.390 e. The maximum Gasteiger partial charge on any atom is 0.199 e. The molecule has 0 aromatic rings. The van der Waals surface area contributed by atoms with E-state index in [1.165, 1.54) is 18.2 Å². The number of aliphatic hydroxyl groups excluding tert-OH is 1. The normalized spacial score (nSPS) is 50.5. The van der Waals surface area contributed by atoms with Gasteiger partial charge in [-0.2, -0.15) is 0 Å². The average Bonchev–Trinajstić information content (AvgIpc) is 2.92. The van der Waals surface area contributed by atoms with Crippen LogP contribution >= 0.6 is 11.8 Å². The highest BCUT2D eigenvalue weighted by Crippen LogP contribution is 2.75. The Morgan fingerprint density at radius 2 is 1.97 bits per heavy atom. The van der Waals surface area contributed by atoms with Crippen LogP contribution in [0.5, 0.6) is 0 Å². The van der Waals surface area contributed by atoms with E-state index in [0.717, 1.165) is 0 Å². The maximum absolute atomic E-state index is 17.2. The summed E-state index contributed by atoms with van der Waals surface area (Å²) in [6.07, 6.45) is 1.14. The zero-order valence-corrected chi connectivity index (χ0v) is 18.5. The van der Waals surface area contributed by atoms with Crippen molar-refractivity contribution in [3.63, 3.8) is 0 Å². The lowest BCUT2D eigenvalue weighted by Gasteiger charge is -2.67. The van der Waals surface area contributed by atoms with Crippen molar-refractivity contribution in [3.05, 3.63) is 29.7 Å². The average molecular weight is 442 g/mol. The second-order valence-electron chi connectivity index (χ2n) is 10.1. The smallest absolute Gasteiger partial charge is 0.199 e. The first-order valence-electron chi connectivity index (χ1n) is 10.4. The van der Waals surface area contributed by atoms with Gasteiger partial charge in [-0.3, -0.25) is 9.59 Å². The van der Waals surface area contributed by atoms with Gasteiger partial charge in [0.15, 0.2) is 16.6 Å². The zero-order valence-electron chi connectivity index (χ0n) is 17.7. The number of carbonyl (C=O) groups is 2. The summed E-state index contributed by atoms with van der Waals surface area (Å²) in [5.41, 5.74) is -5.70. The number of allylic oxidation sites excluding steroid dienone is 4. The van der Waals surface area contributed by atoms with E-state index in [0.29, 0.717) is 24.1 Å². The van der Waals surface area contributed by atoms with Crippen molar-refractivity contribution in [1.82, 2.24) is 0 Å². The summed E-state index contributed by atoms with van der Waals surface area (Å²) >= 11 is 0.584. The van der Waals surface area contributed by atoms with Crippen LogP contribution in [0.3, 0.4) is 0 Å². The molecule has 0 amide bonds. The van der Waals surface area contributed by atoms with Crippen molar-refractivity contribution in [2.24, 2.45) is 28.1 Å². The number of halogens is 3. The van der Waals surface area contributed by atoms with Crippen molar-refractivity contribution in [2.75, 3.05) is 6.01 Å². The highest BCUT2D eigenvalue weighted by molar-refractivity contribution is 8.13. The van der Waals surface area contributed by atoms with Crippen molar-refractivity contribution in [1.29, 1.82) is 0 Å². The van der Waals surface area contributed by atoms with Crippen LogP contribution in [-0.4, -0.2) is 40.0 Å². The molecule has 0 heterocycles. The van der Waals surface area contributed by atoms with Crippen LogP contribution in [0.15, 0.2) is 23.8 Å². The van der Waals surface area contributed by atoms with Gasteiger partial charge >= 0.3 is 0 Å². The first kappa shape index (κ1) is 22.1. The predicted octanol–water partition coefficient (Wildman–Crippen LogP) is 4.70. The van der Waals surface area contributed by atoms with E-state index in [4.69, 9.17) is 0 Å². The second kappa shape index (κ2) is 6.71. The van der Waals surface area contributed by atoms with Gasteiger partial charge in [0.25, 0.3) is 0 Å². The Morgan fingerprint density at radius 3 is 2.60 bits per heavy atom. The molecule has 1 radical (unpaired) electrons. The molecular formula is C23H28F3O3S. The van der Waals surface area contributed by atoms with Crippen LogP contribution in [-0.2, 0) is 9.59 Å². The second-order valence-corrected chi connectivity index (χ2v) is 11.0. The molecule has 8 atom stereocenters. The van der Waals surface area contributed by atoms with E-state index in [9.17, 15) is 19.1 Å². The summed E-state index contributed by atoms with van der Waals surface area (Å²) in [6, 6.07) is -0.847. The molecule has 3 nitrogen and oxygen atoms in total. The highest BCUT2D eigenvalue weighted by atomic mass is 32.2. The monoisotopic (exact) mass is 441 g/mol. The van der Waals surface area contributed by atoms with Gasteiger partial charge in [-0.15, -0.1) is 0 Å². The third-order valence-corrected chi connectivity index (χ3v) is 9.31. The molecule has 0 unspecified atom stereocenters. The molecule has 0 aromatic heterocycles. The number of hydrogen-bond donors (Lipinski definition) is 1. The molecule has 30 heavy (non-hydrogen) atoms. The largest absolute Gasteiger partial charge is 0.390 e. The highest BCUT2D eigenvalue weighted by Gasteiger charge is 2.78. The van der Waals surface area contributed by atoms with Crippen molar-refractivity contribution >= 4 is 22.7 Å². The SMILES string of the molecule is C[C@@H]1C[C@@H]2[C@@](C)(C[C@H](O)[C@]3(F)[C@@]4(C)C=CC(=O)C=C4[C@@H](F)C[C@@]23C)[C]1C(=O)SCF. The number of ketones is 1. The molecule has 0 aromatic carbocycles. The van der Waals surface area contributed by atoms with Gasteiger partial charge in [-0.05, 0) is 61.2 Å². The first-order chi connectivity index (χ1) is 13.9. The van der Waals surface area contributed by atoms with Crippen molar-refractivity contribution in [3.8, 4) is 0 Å². The Kier molecular flexibility index (Phi) is 4.95. The third kappa shape index (κ3) is 2.45. The van der Waals surface area contributed by atoms with Crippen LogP contribution in [0.1, 0.15) is 47.0 Å². The first-order valence-corrected chi connectivity index (χ1v) is 11.4. The molecule has 0 aliphatic heterocycles. The molecule has 4 aliphatic carbocycles. The summed E-state index contributed by atoms with van der Waals surface area (Å²) in [7, 11) is 0. The number of rotatable bonds is 2. The maximum atomic E-state index is 17.2. The molecule has 0 saturated heterocycles. The van der Waals surface area contributed by atoms with Gasteiger partial charge in [0.05, 0.1) is 12.0 Å². The van der Waals surface area contributed by atoms with E-state index < -0.39 is 46.1 Å².